The number of halogens is 2. The van der Waals surface area contributed by atoms with E-state index in [-0.39, 0.29) is 5.56 Å². The third-order valence-corrected chi connectivity index (χ3v) is 3.61. The number of hydrogen-bond donors (Lipinski definition) is 0. The molecule has 23 heavy (non-hydrogen) atoms. The van der Waals surface area contributed by atoms with Gasteiger partial charge in [-0.25, -0.2) is 9.18 Å². The first-order valence-electron chi connectivity index (χ1n) is 7.39. The third-order valence-electron chi connectivity index (χ3n) is 3.38. The predicted molar refractivity (Wildman–Crippen MR) is 85.1 cm³/mol. The summed E-state index contributed by atoms with van der Waals surface area (Å²) in [6.07, 6.45) is -0.404. The summed E-state index contributed by atoms with van der Waals surface area (Å²) in [6, 6.07) is 3.89. The maximum atomic E-state index is 13.8. The van der Waals surface area contributed by atoms with Gasteiger partial charge < -0.3 is 14.5 Å². The number of carbonyl (C=O) groups excluding carboxylic acids is 2. The van der Waals surface area contributed by atoms with Crippen LogP contribution in [0.3, 0.4) is 0 Å². The van der Waals surface area contributed by atoms with Gasteiger partial charge in [-0.3, -0.25) is 4.79 Å². The first-order chi connectivity index (χ1) is 10.7. The molecule has 0 spiro atoms. The van der Waals surface area contributed by atoms with E-state index in [2.05, 4.69) is 0 Å². The molecule has 1 aliphatic heterocycles. The minimum Gasteiger partial charge on any atom is -0.444 e. The molecule has 0 saturated carbocycles. The standard InChI is InChI=1S/C16H20ClFN2O3/c1-16(2,3)23-15(22)20-8-6-19(7-9-20)14(21)12-10-11(17)4-5-13(12)18/h4-5,10H,6-9H2,1-3H3. The minimum atomic E-state index is -0.603. The van der Waals surface area contributed by atoms with Crippen molar-refractivity contribution in [1.82, 2.24) is 9.80 Å². The summed E-state index contributed by atoms with van der Waals surface area (Å²) in [6.45, 7) is 6.74. The van der Waals surface area contributed by atoms with Crippen LogP contribution in [0.1, 0.15) is 31.1 Å². The number of piperazine rings is 1. The third kappa shape index (κ3) is 4.58. The monoisotopic (exact) mass is 342 g/mol. The van der Waals surface area contributed by atoms with E-state index in [0.29, 0.717) is 31.2 Å². The number of ether oxygens (including phenoxy) is 1. The van der Waals surface area contributed by atoms with Crippen molar-refractivity contribution < 1.29 is 18.7 Å². The Labute approximate surface area is 140 Å². The van der Waals surface area contributed by atoms with Gasteiger partial charge in [0.15, 0.2) is 0 Å². The molecule has 1 fully saturated rings. The van der Waals surface area contributed by atoms with Gasteiger partial charge in [0, 0.05) is 31.2 Å². The Hall–Kier alpha value is -1.82. The average molecular weight is 343 g/mol. The molecular formula is C16H20ClFN2O3. The van der Waals surface area contributed by atoms with Gasteiger partial charge in [0.05, 0.1) is 5.56 Å². The average Bonchev–Trinajstić information content (AvgIpc) is 2.47. The van der Waals surface area contributed by atoms with E-state index < -0.39 is 23.4 Å². The molecular weight excluding hydrogens is 323 g/mol. The first kappa shape index (κ1) is 17.5. The largest absolute Gasteiger partial charge is 0.444 e. The maximum absolute atomic E-state index is 13.8. The van der Waals surface area contributed by atoms with E-state index >= 15 is 0 Å². The lowest BCUT2D eigenvalue weighted by molar-refractivity contribution is 0.0140. The zero-order chi connectivity index (χ0) is 17.2. The van der Waals surface area contributed by atoms with Crippen molar-refractivity contribution in [1.29, 1.82) is 0 Å². The fraction of sp³-hybridized carbons (Fsp3) is 0.500. The van der Waals surface area contributed by atoms with Gasteiger partial charge >= 0.3 is 6.09 Å². The van der Waals surface area contributed by atoms with E-state index in [4.69, 9.17) is 16.3 Å². The van der Waals surface area contributed by atoms with Gasteiger partial charge in [-0.15, -0.1) is 0 Å². The van der Waals surface area contributed by atoms with Crippen LogP contribution >= 0.6 is 11.6 Å². The normalized spacial score (nSPS) is 15.5. The molecule has 0 radical (unpaired) electrons. The minimum absolute atomic E-state index is 0.0526. The molecule has 1 aliphatic rings. The van der Waals surface area contributed by atoms with Crippen LogP contribution < -0.4 is 0 Å². The fourth-order valence-corrected chi connectivity index (χ4v) is 2.42. The lowest BCUT2D eigenvalue weighted by atomic mass is 10.1. The second kappa shape index (κ2) is 6.74. The smallest absolute Gasteiger partial charge is 0.410 e. The fourth-order valence-electron chi connectivity index (χ4n) is 2.25. The molecule has 5 nitrogen and oxygen atoms in total. The van der Waals surface area contributed by atoms with Crippen molar-refractivity contribution in [3.8, 4) is 0 Å². The van der Waals surface area contributed by atoms with E-state index in [1.807, 2.05) is 0 Å². The van der Waals surface area contributed by atoms with Crippen LogP contribution in [-0.4, -0.2) is 53.6 Å². The van der Waals surface area contributed by atoms with Crippen LogP contribution in [0.15, 0.2) is 18.2 Å². The van der Waals surface area contributed by atoms with E-state index in [1.54, 1.807) is 25.7 Å². The second-order valence-electron chi connectivity index (χ2n) is 6.38. The number of amides is 2. The number of carbonyl (C=O) groups is 2. The highest BCUT2D eigenvalue weighted by molar-refractivity contribution is 6.31. The lowest BCUT2D eigenvalue weighted by Crippen LogP contribution is -2.51. The quantitative estimate of drug-likeness (QED) is 0.787. The Bertz CT molecular complexity index is 608. The molecule has 0 N–H and O–H groups in total. The zero-order valence-electron chi connectivity index (χ0n) is 13.4. The number of rotatable bonds is 1. The summed E-state index contributed by atoms with van der Waals surface area (Å²) >= 11 is 5.82. The van der Waals surface area contributed by atoms with Crippen LogP contribution in [0.5, 0.6) is 0 Å². The summed E-state index contributed by atoms with van der Waals surface area (Å²) in [5.41, 5.74) is -0.614. The lowest BCUT2D eigenvalue weighted by Gasteiger charge is -2.35. The van der Waals surface area contributed by atoms with Crippen LogP contribution in [0, 0.1) is 5.82 Å². The van der Waals surface area contributed by atoms with Gasteiger partial charge in [0.2, 0.25) is 0 Å². The van der Waals surface area contributed by atoms with Gasteiger partial charge in [0.25, 0.3) is 5.91 Å². The summed E-state index contributed by atoms with van der Waals surface area (Å²) in [5.74, 6) is -1.03. The summed E-state index contributed by atoms with van der Waals surface area (Å²) in [7, 11) is 0. The van der Waals surface area contributed by atoms with Crippen LogP contribution in [-0.2, 0) is 4.74 Å². The summed E-state index contributed by atoms with van der Waals surface area (Å²) in [5, 5.41) is 0.308. The molecule has 1 saturated heterocycles. The van der Waals surface area contributed by atoms with Crippen molar-refractivity contribution in [3.05, 3.63) is 34.6 Å². The molecule has 0 aliphatic carbocycles. The van der Waals surface area contributed by atoms with E-state index in [0.717, 1.165) is 0 Å². The van der Waals surface area contributed by atoms with Gasteiger partial charge in [0.1, 0.15) is 11.4 Å². The second-order valence-corrected chi connectivity index (χ2v) is 6.82. The number of benzene rings is 1. The topological polar surface area (TPSA) is 49.9 Å². The highest BCUT2D eigenvalue weighted by Crippen LogP contribution is 2.18. The van der Waals surface area contributed by atoms with Crippen LogP contribution in [0.4, 0.5) is 9.18 Å². The Balaban J connectivity index is 1.97. The Kier molecular flexibility index (Phi) is 5.14. The predicted octanol–water partition coefficient (Wildman–Crippen LogP) is 3.17. The van der Waals surface area contributed by atoms with Crippen molar-refractivity contribution >= 4 is 23.6 Å². The molecule has 0 unspecified atom stereocenters. The Morgan fingerprint density at radius 2 is 1.70 bits per heavy atom. The Morgan fingerprint density at radius 3 is 2.26 bits per heavy atom. The zero-order valence-corrected chi connectivity index (χ0v) is 14.2. The molecule has 0 bridgehead atoms. The van der Waals surface area contributed by atoms with Crippen molar-refractivity contribution in [2.24, 2.45) is 0 Å². The summed E-state index contributed by atoms with van der Waals surface area (Å²) in [4.78, 5) is 27.4. The van der Waals surface area contributed by atoms with Gasteiger partial charge in [-0.2, -0.15) is 0 Å². The molecule has 1 aromatic carbocycles. The van der Waals surface area contributed by atoms with Crippen LogP contribution in [0.25, 0.3) is 0 Å². The van der Waals surface area contributed by atoms with E-state index in [9.17, 15) is 14.0 Å². The molecule has 126 valence electrons. The molecule has 2 rings (SSSR count). The van der Waals surface area contributed by atoms with Crippen molar-refractivity contribution in [2.45, 2.75) is 26.4 Å². The Morgan fingerprint density at radius 1 is 1.13 bits per heavy atom. The van der Waals surface area contributed by atoms with Gasteiger partial charge in [-0.05, 0) is 39.0 Å². The highest BCUT2D eigenvalue weighted by Gasteiger charge is 2.28. The number of nitrogens with zero attached hydrogens (tertiary/aromatic N) is 2. The molecule has 7 heteroatoms. The highest BCUT2D eigenvalue weighted by atomic mass is 35.5. The maximum Gasteiger partial charge on any atom is 0.410 e. The van der Waals surface area contributed by atoms with Crippen molar-refractivity contribution in [3.63, 3.8) is 0 Å². The first-order valence-corrected chi connectivity index (χ1v) is 7.77. The van der Waals surface area contributed by atoms with E-state index in [1.165, 1.54) is 23.1 Å². The number of hydrogen-bond acceptors (Lipinski definition) is 3. The molecule has 1 heterocycles. The molecule has 0 aromatic heterocycles. The van der Waals surface area contributed by atoms with Crippen LogP contribution in [0.2, 0.25) is 5.02 Å². The van der Waals surface area contributed by atoms with Crippen molar-refractivity contribution in [2.75, 3.05) is 26.2 Å². The SMILES string of the molecule is CC(C)(C)OC(=O)N1CCN(C(=O)c2cc(Cl)ccc2F)CC1. The van der Waals surface area contributed by atoms with Gasteiger partial charge in [-0.1, -0.05) is 11.6 Å². The summed E-state index contributed by atoms with van der Waals surface area (Å²) < 4.78 is 19.1. The molecule has 0 atom stereocenters. The molecule has 1 aromatic rings. The molecule has 2 amide bonds.